The zero-order chi connectivity index (χ0) is 14.5. The van der Waals surface area contributed by atoms with Crippen molar-refractivity contribution in [2.45, 2.75) is 32.0 Å². The molecule has 0 atom stereocenters. The summed E-state index contributed by atoms with van der Waals surface area (Å²) in [5.41, 5.74) is 2.76. The maximum atomic E-state index is 10.7. The molecule has 0 radical (unpaired) electrons. The van der Waals surface area contributed by atoms with Crippen molar-refractivity contribution in [2.75, 3.05) is 5.75 Å². The molecule has 106 valence electrons. The van der Waals surface area contributed by atoms with Gasteiger partial charge in [-0.15, -0.1) is 0 Å². The second-order valence-corrected chi connectivity index (χ2v) is 5.25. The van der Waals surface area contributed by atoms with Crippen molar-refractivity contribution in [1.82, 2.24) is 19.5 Å². The van der Waals surface area contributed by atoms with Crippen LogP contribution in [-0.4, -0.2) is 36.3 Å². The molecule has 0 saturated carbocycles. The van der Waals surface area contributed by atoms with Gasteiger partial charge >= 0.3 is 5.97 Å². The van der Waals surface area contributed by atoms with E-state index in [9.17, 15) is 4.79 Å². The Morgan fingerprint density at radius 2 is 2.10 bits per heavy atom. The van der Waals surface area contributed by atoms with Crippen molar-refractivity contribution < 1.29 is 9.90 Å². The van der Waals surface area contributed by atoms with Gasteiger partial charge in [-0.3, -0.25) is 14.8 Å². The summed E-state index contributed by atoms with van der Waals surface area (Å²) >= 11 is 1.22. The highest BCUT2D eigenvalue weighted by Crippen LogP contribution is 2.20. The van der Waals surface area contributed by atoms with E-state index in [1.54, 1.807) is 18.6 Å². The van der Waals surface area contributed by atoms with Crippen LogP contribution in [0.25, 0.3) is 0 Å². The van der Waals surface area contributed by atoms with Crippen molar-refractivity contribution in [3.63, 3.8) is 0 Å². The summed E-state index contributed by atoms with van der Waals surface area (Å²) in [6.45, 7) is 4.48. The smallest absolute Gasteiger partial charge is 0.313 e. The average molecular weight is 292 g/mol. The zero-order valence-corrected chi connectivity index (χ0v) is 12.2. The molecule has 20 heavy (non-hydrogen) atoms. The van der Waals surface area contributed by atoms with Gasteiger partial charge in [-0.25, -0.2) is 4.98 Å². The predicted octanol–water partition coefficient (Wildman–Crippen LogP) is 1.77. The number of thioether (sulfide) groups is 1. The first kappa shape index (κ1) is 14.5. The van der Waals surface area contributed by atoms with Gasteiger partial charge < -0.3 is 9.67 Å². The van der Waals surface area contributed by atoms with E-state index < -0.39 is 5.97 Å². The zero-order valence-electron chi connectivity index (χ0n) is 11.4. The molecule has 0 saturated heterocycles. The molecule has 0 fully saturated rings. The first-order valence-electron chi connectivity index (χ1n) is 6.26. The number of carboxylic acid groups (broad SMARTS) is 1. The molecule has 2 heterocycles. The van der Waals surface area contributed by atoms with Crippen molar-refractivity contribution in [3.8, 4) is 0 Å². The van der Waals surface area contributed by atoms with E-state index in [4.69, 9.17) is 5.11 Å². The molecule has 1 N–H and O–H groups in total. The molecular formula is C13H16N4O2S. The van der Waals surface area contributed by atoms with Crippen LogP contribution >= 0.6 is 11.8 Å². The maximum absolute atomic E-state index is 10.7. The predicted molar refractivity (Wildman–Crippen MR) is 75.8 cm³/mol. The summed E-state index contributed by atoms with van der Waals surface area (Å²) < 4.78 is 1.99. The minimum Gasteiger partial charge on any atom is -0.481 e. The van der Waals surface area contributed by atoms with Gasteiger partial charge in [-0.1, -0.05) is 18.7 Å². The summed E-state index contributed by atoms with van der Waals surface area (Å²) in [4.78, 5) is 23.5. The quantitative estimate of drug-likeness (QED) is 0.817. The molecule has 0 spiro atoms. The van der Waals surface area contributed by atoms with E-state index >= 15 is 0 Å². The lowest BCUT2D eigenvalue weighted by Crippen LogP contribution is -2.08. The van der Waals surface area contributed by atoms with Gasteiger partial charge in [0.05, 0.1) is 29.9 Å². The molecule has 2 aromatic rings. The van der Waals surface area contributed by atoms with Crippen LogP contribution in [-0.2, 0) is 17.8 Å². The molecule has 0 aromatic carbocycles. The summed E-state index contributed by atoms with van der Waals surface area (Å²) in [6.07, 6.45) is 6.08. The topological polar surface area (TPSA) is 80.9 Å². The highest BCUT2D eigenvalue weighted by Gasteiger charge is 2.12. The second kappa shape index (κ2) is 6.51. The Labute approximate surface area is 121 Å². The fourth-order valence-electron chi connectivity index (χ4n) is 1.75. The Bertz CT molecular complexity index is 595. The molecule has 6 nitrogen and oxygen atoms in total. The summed E-state index contributed by atoms with van der Waals surface area (Å²) in [5, 5.41) is 9.47. The van der Waals surface area contributed by atoms with Crippen LogP contribution in [0.1, 0.15) is 24.0 Å². The molecule has 0 aliphatic carbocycles. The third kappa shape index (κ3) is 3.57. The molecule has 2 rings (SSSR count). The number of carbonyl (C=O) groups is 1. The monoisotopic (exact) mass is 292 g/mol. The Balaban J connectivity index is 2.21. The second-order valence-electron chi connectivity index (χ2n) is 4.30. The molecule has 2 aromatic heterocycles. The van der Waals surface area contributed by atoms with Crippen LogP contribution in [0.3, 0.4) is 0 Å². The van der Waals surface area contributed by atoms with E-state index in [1.165, 1.54) is 11.8 Å². The highest BCUT2D eigenvalue weighted by atomic mass is 32.2. The number of carboxylic acids is 1. The number of aliphatic carboxylic acids is 1. The van der Waals surface area contributed by atoms with Crippen molar-refractivity contribution in [2.24, 2.45) is 0 Å². The third-order valence-electron chi connectivity index (χ3n) is 2.74. The standard InChI is InChI=1S/C13H16N4O2S/c1-3-11-6-16-13(20-8-12(18)19)17(11)7-10-5-14-9(2)4-15-10/h4-6H,3,7-8H2,1-2H3,(H,18,19). The molecule has 7 heteroatoms. The normalized spacial score (nSPS) is 10.7. The first-order valence-corrected chi connectivity index (χ1v) is 7.25. The lowest BCUT2D eigenvalue weighted by atomic mass is 10.3. The Kier molecular flexibility index (Phi) is 4.73. The van der Waals surface area contributed by atoms with Gasteiger partial charge in [0, 0.05) is 18.1 Å². The Morgan fingerprint density at radius 1 is 1.30 bits per heavy atom. The van der Waals surface area contributed by atoms with E-state index in [0.29, 0.717) is 11.7 Å². The Morgan fingerprint density at radius 3 is 2.70 bits per heavy atom. The molecule has 0 aliphatic heterocycles. The van der Waals surface area contributed by atoms with E-state index in [0.717, 1.165) is 23.5 Å². The van der Waals surface area contributed by atoms with Crippen LogP contribution in [0.2, 0.25) is 0 Å². The number of aromatic nitrogens is 4. The first-order chi connectivity index (χ1) is 9.60. The van der Waals surface area contributed by atoms with Crippen LogP contribution in [0.5, 0.6) is 0 Å². The average Bonchev–Trinajstić information content (AvgIpc) is 2.81. The maximum Gasteiger partial charge on any atom is 0.313 e. The minimum absolute atomic E-state index is 0.000254. The number of nitrogens with zero attached hydrogens (tertiary/aromatic N) is 4. The SMILES string of the molecule is CCc1cnc(SCC(=O)O)n1Cc1cnc(C)cn1. The van der Waals surface area contributed by atoms with E-state index in [2.05, 4.69) is 15.0 Å². The van der Waals surface area contributed by atoms with Gasteiger partial charge in [0.1, 0.15) is 0 Å². The van der Waals surface area contributed by atoms with Gasteiger partial charge in [-0.05, 0) is 13.3 Å². The van der Waals surface area contributed by atoms with Crippen molar-refractivity contribution >= 4 is 17.7 Å². The van der Waals surface area contributed by atoms with Gasteiger partial charge in [0.15, 0.2) is 5.16 Å². The lowest BCUT2D eigenvalue weighted by molar-refractivity contribution is -0.133. The summed E-state index contributed by atoms with van der Waals surface area (Å²) in [5.74, 6) is -0.850. The van der Waals surface area contributed by atoms with E-state index in [1.807, 2.05) is 18.4 Å². The number of hydrogen-bond acceptors (Lipinski definition) is 5. The molecule has 0 bridgehead atoms. The molecular weight excluding hydrogens is 276 g/mol. The van der Waals surface area contributed by atoms with Gasteiger partial charge in [-0.2, -0.15) is 0 Å². The number of rotatable bonds is 6. The number of aryl methyl sites for hydroxylation is 2. The van der Waals surface area contributed by atoms with Crippen LogP contribution in [0.15, 0.2) is 23.7 Å². The summed E-state index contributed by atoms with van der Waals surface area (Å²) in [7, 11) is 0. The molecule has 0 unspecified atom stereocenters. The number of hydrogen-bond donors (Lipinski definition) is 1. The molecule has 0 amide bonds. The van der Waals surface area contributed by atoms with Crippen LogP contribution < -0.4 is 0 Å². The fourth-order valence-corrected chi connectivity index (χ4v) is 2.47. The summed E-state index contributed by atoms with van der Waals surface area (Å²) in [6, 6.07) is 0. The van der Waals surface area contributed by atoms with Gasteiger partial charge in [0.2, 0.25) is 0 Å². The fraction of sp³-hybridized carbons (Fsp3) is 0.385. The van der Waals surface area contributed by atoms with Gasteiger partial charge in [0.25, 0.3) is 0 Å². The van der Waals surface area contributed by atoms with Crippen LogP contribution in [0.4, 0.5) is 0 Å². The van der Waals surface area contributed by atoms with Crippen molar-refractivity contribution in [3.05, 3.63) is 35.7 Å². The highest BCUT2D eigenvalue weighted by molar-refractivity contribution is 7.99. The largest absolute Gasteiger partial charge is 0.481 e. The lowest BCUT2D eigenvalue weighted by Gasteiger charge is -2.09. The Hall–Kier alpha value is -1.89. The number of imidazole rings is 1. The third-order valence-corrected chi connectivity index (χ3v) is 3.72. The minimum atomic E-state index is -0.849. The molecule has 0 aliphatic rings. The van der Waals surface area contributed by atoms with Crippen LogP contribution in [0, 0.1) is 6.92 Å². The van der Waals surface area contributed by atoms with Crippen molar-refractivity contribution in [1.29, 1.82) is 0 Å². The van der Waals surface area contributed by atoms with E-state index in [-0.39, 0.29) is 5.75 Å².